The second-order valence-corrected chi connectivity index (χ2v) is 3.63. The maximum Gasteiger partial charge on any atom is 0.241 e. The van der Waals surface area contributed by atoms with E-state index in [9.17, 15) is 4.79 Å². The minimum absolute atomic E-state index is 0.237. The summed E-state index contributed by atoms with van der Waals surface area (Å²) in [5.74, 6) is 0.451. The third-order valence-electron chi connectivity index (χ3n) is 2.17. The lowest BCUT2D eigenvalue weighted by molar-refractivity contribution is -0.117. The zero-order valence-electron chi connectivity index (χ0n) is 9.37. The molecule has 0 aromatic carbocycles. The van der Waals surface area contributed by atoms with Crippen molar-refractivity contribution in [2.75, 3.05) is 5.32 Å². The van der Waals surface area contributed by atoms with Crippen molar-refractivity contribution in [2.24, 2.45) is 5.73 Å². The Balaban J connectivity index is 2.11. The molecule has 0 saturated carbocycles. The number of pyridine rings is 1. The Kier molecular flexibility index (Phi) is 3.15. The zero-order chi connectivity index (χ0) is 12.3. The molecule has 2 aromatic rings. The SMILES string of the molecule is C[C@H](N)C(=O)Nc1ccc(-n2cccn2)nc1. The molecule has 0 unspecified atom stereocenters. The summed E-state index contributed by atoms with van der Waals surface area (Å²) in [6, 6.07) is 4.79. The number of nitrogens with two attached hydrogens (primary N) is 1. The summed E-state index contributed by atoms with van der Waals surface area (Å²) < 4.78 is 1.64. The van der Waals surface area contributed by atoms with E-state index >= 15 is 0 Å². The van der Waals surface area contributed by atoms with Gasteiger partial charge in [-0.15, -0.1) is 0 Å². The van der Waals surface area contributed by atoms with Crippen molar-refractivity contribution in [1.82, 2.24) is 14.8 Å². The molecule has 0 spiro atoms. The van der Waals surface area contributed by atoms with Crippen molar-refractivity contribution in [3.05, 3.63) is 36.8 Å². The maximum atomic E-state index is 11.3. The van der Waals surface area contributed by atoms with E-state index in [-0.39, 0.29) is 5.91 Å². The van der Waals surface area contributed by atoms with Crippen molar-refractivity contribution in [1.29, 1.82) is 0 Å². The molecule has 2 aromatic heterocycles. The number of hydrogen-bond donors (Lipinski definition) is 2. The van der Waals surface area contributed by atoms with Gasteiger partial charge in [-0.25, -0.2) is 9.67 Å². The second kappa shape index (κ2) is 4.75. The lowest BCUT2D eigenvalue weighted by Crippen LogP contribution is -2.32. The van der Waals surface area contributed by atoms with E-state index in [1.54, 1.807) is 42.3 Å². The molecule has 0 saturated heterocycles. The second-order valence-electron chi connectivity index (χ2n) is 3.63. The van der Waals surface area contributed by atoms with Gasteiger partial charge in [-0.1, -0.05) is 0 Å². The van der Waals surface area contributed by atoms with Gasteiger partial charge < -0.3 is 11.1 Å². The summed E-state index contributed by atoms with van der Waals surface area (Å²) >= 11 is 0. The molecule has 0 aliphatic carbocycles. The molecule has 0 fully saturated rings. The lowest BCUT2D eigenvalue weighted by Gasteiger charge is -2.07. The molecule has 3 N–H and O–H groups in total. The topological polar surface area (TPSA) is 85.8 Å². The number of amides is 1. The van der Waals surface area contributed by atoms with Crippen LogP contribution in [0.25, 0.3) is 5.82 Å². The Morgan fingerprint density at radius 3 is 2.88 bits per heavy atom. The summed E-state index contributed by atoms with van der Waals surface area (Å²) in [7, 11) is 0. The normalized spacial score (nSPS) is 12.1. The highest BCUT2D eigenvalue weighted by atomic mass is 16.2. The summed E-state index contributed by atoms with van der Waals surface area (Å²) in [4.78, 5) is 15.5. The van der Waals surface area contributed by atoms with Gasteiger partial charge in [0.1, 0.15) is 0 Å². The average Bonchev–Trinajstić information content (AvgIpc) is 2.83. The Hall–Kier alpha value is -2.21. The van der Waals surface area contributed by atoms with E-state index in [0.29, 0.717) is 11.5 Å². The van der Waals surface area contributed by atoms with E-state index in [2.05, 4.69) is 15.4 Å². The average molecular weight is 231 g/mol. The molecular weight excluding hydrogens is 218 g/mol. The van der Waals surface area contributed by atoms with Crippen LogP contribution >= 0.6 is 0 Å². The molecule has 0 aliphatic rings. The molecule has 0 aliphatic heterocycles. The molecule has 0 radical (unpaired) electrons. The third-order valence-corrected chi connectivity index (χ3v) is 2.17. The number of hydrogen-bond acceptors (Lipinski definition) is 4. The number of nitrogens with zero attached hydrogens (tertiary/aromatic N) is 3. The van der Waals surface area contributed by atoms with Crippen molar-refractivity contribution >= 4 is 11.6 Å². The zero-order valence-corrected chi connectivity index (χ0v) is 9.37. The van der Waals surface area contributed by atoms with Crippen LogP contribution in [0.2, 0.25) is 0 Å². The summed E-state index contributed by atoms with van der Waals surface area (Å²) in [6.45, 7) is 1.63. The third kappa shape index (κ3) is 2.67. The van der Waals surface area contributed by atoms with E-state index < -0.39 is 6.04 Å². The molecule has 6 heteroatoms. The van der Waals surface area contributed by atoms with E-state index in [4.69, 9.17) is 5.73 Å². The molecule has 0 bridgehead atoms. The smallest absolute Gasteiger partial charge is 0.241 e. The molecule has 88 valence electrons. The van der Waals surface area contributed by atoms with Crippen LogP contribution in [0.5, 0.6) is 0 Å². The molecule has 2 rings (SSSR count). The van der Waals surface area contributed by atoms with Crippen molar-refractivity contribution in [3.8, 4) is 5.82 Å². The highest BCUT2D eigenvalue weighted by Gasteiger charge is 2.07. The lowest BCUT2D eigenvalue weighted by atomic mass is 10.3. The van der Waals surface area contributed by atoms with Crippen LogP contribution in [0.4, 0.5) is 5.69 Å². The summed E-state index contributed by atoms with van der Waals surface area (Å²) in [5, 5.41) is 6.71. The first-order valence-corrected chi connectivity index (χ1v) is 5.19. The number of aromatic nitrogens is 3. The fourth-order valence-corrected chi connectivity index (χ4v) is 1.26. The summed E-state index contributed by atoms with van der Waals surface area (Å²) in [5.41, 5.74) is 6.06. The molecule has 17 heavy (non-hydrogen) atoms. The van der Waals surface area contributed by atoms with Gasteiger partial charge in [-0.05, 0) is 25.1 Å². The molecule has 1 atom stereocenters. The summed E-state index contributed by atoms with van der Waals surface area (Å²) in [6.07, 6.45) is 5.04. The Labute approximate surface area is 98.5 Å². The molecule has 6 nitrogen and oxygen atoms in total. The predicted octanol–water partition coefficient (Wildman–Crippen LogP) is 0.553. The van der Waals surface area contributed by atoms with Gasteiger partial charge in [0.15, 0.2) is 5.82 Å². The van der Waals surface area contributed by atoms with Crippen LogP contribution in [0.1, 0.15) is 6.92 Å². The van der Waals surface area contributed by atoms with Crippen LogP contribution in [0, 0.1) is 0 Å². The van der Waals surface area contributed by atoms with Gasteiger partial charge in [0.25, 0.3) is 0 Å². The first-order valence-electron chi connectivity index (χ1n) is 5.19. The van der Waals surface area contributed by atoms with Gasteiger partial charge in [0.05, 0.1) is 17.9 Å². The van der Waals surface area contributed by atoms with E-state index in [1.807, 2.05) is 6.07 Å². The predicted molar refractivity (Wildman–Crippen MR) is 63.6 cm³/mol. The Morgan fingerprint density at radius 2 is 2.35 bits per heavy atom. The Bertz CT molecular complexity index is 489. The monoisotopic (exact) mass is 231 g/mol. The first-order chi connectivity index (χ1) is 8.16. The van der Waals surface area contributed by atoms with Crippen molar-refractivity contribution < 1.29 is 4.79 Å². The maximum absolute atomic E-state index is 11.3. The highest BCUT2D eigenvalue weighted by Crippen LogP contribution is 2.08. The minimum atomic E-state index is -0.541. The highest BCUT2D eigenvalue weighted by molar-refractivity contribution is 5.94. The van der Waals surface area contributed by atoms with Crippen LogP contribution in [-0.4, -0.2) is 26.7 Å². The minimum Gasteiger partial charge on any atom is -0.323 e. The molecule has 2 heterocycles. The van der Waals surface area contributed by atoms with Gasteiger partial charge in [-0.2, -0.15) is 5.10 Å². The quantitative estimate of drug-likeness (QED) is 0.807. The standard InChI is InChI=1S/C11H13N5O/c1-8(12)11(17)15-9-3-4-10(13-7-9)16-6-2-5-14-16/h2-8H,12H2,1H3,(H,15,17)/t8-/m0/s1. The fourth-order valence-electron chi connectivity index (χ4n) is 1.26. The van der Waals surface area contributed by atoms with Crippen LogP contribution in [-0.2, 0) is 4.79 Å². The largest absolute Gasteiger partial charge is 0.323 e. The van der Waals surface area contributed by atoms with Crippen LogP contribution < -0.4 is 11.1 Å². The van der Waals surface area contributed by atoms with Crippen LogP contribution in [0.15, 0.2) is 36.8 Å². The van der Waals surface area contributed by atoms with Crippen LogP contribution in [0.3, 0.4) is 0 Å². The van der Waals surface area contributed by atoms with E-state index in [1.165, 1.54) is 0 Å². The number of nitrogens with one attached hydrogen (secondary N) is 1. The van der Waals surface area contributed by atoms with Gasteiger partial charge >= 0.3 is 0 Å². The van der Waals surface area contributed by atoms with Gasteiger partial charge in [0.2, 0.25) is 5.91 Å². The molecule has 1 amide bonds. The van der Waals surface area contributed by atoms with Gasteiger partial charge in [0, 0.05) is 12.4 Å². The number of carbonyl (C=O) groups is 1. The Morgan fingerprint density at radius 1 is 1.53 bits per heavy atom. The molecular formula is C11H13N5O. The van der Waals surface area contributed by atoms with Crippen molar-refractivity contribution in [2.45, 2.75) is 13.0 Å². The number of rotatable bonds is 3. The number of carbonyl (C=O) groups excluding carboxylic acids is 1. The number of anilines is 1. The van der Waals surface area contributed by atoms with Crippen molar-refractivity contribution in [3.63, 3.8) is 0 Å². The van der Waals surface area contributed by atoms with E-state index in [0.717, 1.165) is 0 Å². The first kappa shape index (κ1) is 11.3. The van der Waals surface area contributed by atoms with Gasteiger partial charge in [-0.3, -0.25) is 4.79 Å². The fraction of sp³-hybridized carbons (Fsp3) is 0.182.